The Labute approximate surface area is 471 Å². The van der Waals surface area contributed by atoms with E-state index >= 15 is 0 Å². The quantitative estimate of drug-likeness (QED) is 0.0452. The highest BCUT2D eigenvalue weighted by Crippen LogP contribution is 2.45. The van der Waals surface area contributed by atoms with Crippen LogP contribution in [0.4, 0.5) is 0 Å². The van der Waals surface area contributed by atoms with Crippen LogP contribution in [0, 0.1) is 38.5 Å². The Bertz CT molecular complexity index is 3040. The second-order valence-corrected chi connectivity index (χ2v) is 21.3. The molecule has 3 fully saturated rings. The fourth-order valence-corrected chi connectivity index (χ4v) is 11.1. The Morgan fingerprint density at radius 3 is 1.82 bits per heavy atom. The molecule has 16 nitrogen and oxygen atoms in total. The third kappa shape index (κ3) is 14.7. The zero-order valence-corrected chi connectivity index (χ0v) is 47.3. The number of nitrogens with zero attached hydrogens (tertiary/aromatic N) is 4. The first kappa shape index (κ1) is 58.4. The zero-order chi connectivity index (χ0) is 56.5. The number of aryl methyl sites for hydroxylation is 5. The van der Waals surface area contributed by atoms with Gasteiger partial charge in [-0.15, -0.1) is 5.92 Å². The molecule has 1 saturated carbocycles. The molecule has 16 heteroatoms. The van der Waals surface area contributed by atoms with Gasteiger partial charge in [-0.3, -0.25) is 19.2 Å². The van der Waals surface area contributed by atoms with E-state index in [9.17, 15) is 19.2 Å². The number of H-pyrrole nitrogens is 2. The number of benzene rings is 4. The zero-order valence-electron chi connectivity index (χ0n) is 47.3. The van der Waals surface area contributed by atoms with Crippen LogP contribution in [-0.4, -0.2) is 113 Å². The number of amides is 4. The predicted molar refractivity (Wildman–Crippen MR) is 306 cm³/mol. The topological polar surface area (TPSA) is 193 Å². The summed E-state index contributed by atoms with van der Waals surface area (Å²) in [6.45, 7) is 10.1. The summed E-state index contributed by atoms with van der Waals surface area (Å²) >= 11 is 0. The molecule has 80 heavy (non-hydrogen) atoms. The summed E-state index contributed by atoms with van der Waals surface area (Å²) in [7, 11) is 3.24. The highest BCUT2D eigenvalue weighted by molar-refractivity contribution is 5.90. The normalized spacial score (nSPS) is 17.2. The minimum Gasteiger partial charge on any atom is -0.497 e. The first-order valence-corrected chi connectivity index (χ1v) is 28.0. The number of nitrogens with one attached hydrogen (secondary N) is 4. The third-order valence-corrected chi connectivity index (χ3v) is 15.8. The molecular weight excluding hydrogens is 1010 g/mol. The van der Waals surface area contributed by atoms with Crippen LogP contribution in [0.1, 0.15) is 109 Å². The standard InChI is InChI=1S/C33H42N4O4.C31H36N4O4/c1-24-8-6-7-11-29(24)33(41-22-26-9-4-3-5-10-26)18-19-37(33)32(39)30(20-25-12-15-28(40-2)16-13-25)36-31(38)17-14-27-21-34-23-35-27;1-5-6-17-39-31(26-10-8-7-9-22(26)2)19-35(20-31)30(37)28(18-24-11-13-25(38-4)14-12-24)34-29(36)16-15-27-23(3)32-21-33-27/h6-8,11-13,15-16,21,23,26,30H,3-5,9-10,14,17-20,22H2,1-2H3,(H,34,35)(H,36,38);7-14,21,28H,15-20H2,1-4H3,(H,32,33)(H,34,36)/t30-,33+;28-/m11/s1. The lowest BCUT2D eigenvalue weighted by molar-refractivity contribution is -0.233. The molecule has 4 aromatic carbocycles. The summed E-state index contributed by atoms with van der Waals surface area (Å²) in [5, 5.41) is 6.06. The number of ether oxygens (including phenoxy) is 4. The second-order valence-electron chi connectivity index (χ2n) is 21.3. The number of hydrogen-bond acceptors (Lipinski definition) is 10. The molecule has 0 unspecified atom stereocenters. The van der Waals surface area contributed by atoms with Gasteiger partial charge in [-0.1, -0.05) is 98.0 Å². The molecule has 2 aliphatic heterocycles. The number of methoxy groups -OCH3 is 2. The van der Waals surface area contributed by atoms with Crippen LogP contribution in [0.2, 0.25) is 0 Å². The van der Waals surface area contributed by atoms with Crippen LogP contribution in [-0.2, 0) is 65.7 Å². The first-order chi connectivity index (χ1) is 38.8. The Morgan fingerprint density at radius 2 is 1.30 bits per heavy atom. The molecule has 422 valence electrons. The van der Waals surface area contributed by atoms with Crippen LogP contribution in [0.3, 0.4) is 0 Å². The third-order valence-electron chi connectivity index (χ3n) is 15.8. The molecular formula is C64H78N8O8. The van der Waals surface area contributed by atoms with E-state index in [2.05, 4.69) is 61.5 Å². The molecule has 0 bridgehead atoms. The van der Waals surface area contributed by atoms with Gasteiger partial charge in [0.1, 0.15) is 35.8 Å². The summed E-state index contributed by atoms with van der Waals surface area (Å²) in [5.41, 5.74) is 7.39. The van der Waals surface area contributed by atoms with Crippen molar-refractivity contribution in [2.24, 2.45) is 5.92 Å². The van der Waals surface area contributed by atoms with Gasteiger partial charge in [0.15, 0.2) is 5.72 Å². The molecule has 4 amide bonds. The average molecular weight is 1090 g/mol. The number of aromatic nitrogens is 4. The van der Waals surface area contributed by atoms with E-state index in [-0.39, 0.29) is 43.1 Å². The molecule has 2 aromatic heterocycles. The maximum Gasteiger partial charge on any atom is 0.248 e. The number of likely N-dealkylation sites (tertiary alicyclic amines) is 2. The number of imidazole rings is 2. The number of aromatic amines is 2. The summed E-state index contributed by atoms with van der Waals surface area (Å²) in [4.78, 5) is 72.3. The first-order valence-electron chi connectivity index (χ1n) is 28.0. The minimum atomic E-state index is -0.821. The van der Waals surface area contributed by atoms with Gasteiger partial charge in [-0.05, 0) is 105 Å². The molecule has 1 aliphatic carbocycles. The van der Waals surface area contributed by atoms with Gasteiger partial charge in [0, 0.05) is 68.2 Å². The Balaban J connectivity index is 0.000000211. The van der Waals surface area contributed by atoms with Crippen molar-refractivity contribution in [2.45, 2.75) is 128 Å². The lowest BCUT2D eigenvalue weighted by Crippen LogP contribution is -2.66. The number of hydrogen-bond donors (Lipinski definition) is 4. The predicted octanol–water partition coefficient (Wildman–Crippen LogP) is 8.54. The Hall–Kier alpha value is -7.74. The Kier molecular flexibility index (Phi) is 20.4. The number of rotatable bonds is 23. The van der Waals surface area contributed by atoms with Crippen LogP contribution < -0.4 is 20.1 Å². The molecule has 4 heterocycles. The largest absolute Gasteiger partial charge is 0.497 e. The molecule has 6 aromatic rings. The summed E-state index contributed by atoms with van der Waals surface area (Å²) < 4.78 is 23.7. The molecule has 0 radical (unpaired) electrons. The van der Waals surface area contributed by atoms with E-state index in [1.807, 2.05) is 104 Å². The maximum absolute atomic E-state index is 14.4. The van der Waals surface area contributed by atoms with Crippen LogP contribution in [0.15, 0.2) is 116 Å². The molecule has 3 aliphatic rings. The summed E-state index contributed by atoms with van der Waals surface area (Å²) in [5.74, 6) is 7.23. The summed E-state index contributed by atoms with van der Waals surface area (Å²) in [6.07, 6.45) is 14.0. The van der Waals surface area contributed by atoms with Gasteiger partial charge < -0.3 is 49.3 Å². The second kappa shape index (κ2) is 27.9. The van der Waals surface area contributed by atoms with Gasteiger partial charge in [0.05, 0.1) is 52.3 Å². The van der Waals surface area contributed by atoms with E-state index in [4.69, 9.17) is 18.9 Å². The van der Waals surface area contributed by atoms with Crippen LogP contribution in [0.25, 0.3) is 0 Å². The number of carbonyl (C=O) groups is 4. The molecule has 3 atom stereocenters. The SMILES string of the molecule is CC#CCOC1(c2ccccc2C)CN(C(=O)[C@@H](Cc2ccc(OC)cc2)NC(=O)CCc2nc[nH]c2C)C1.COc1ccc(C[C@@H](NC(=O)CCc2cnc[nH]2)C(=O)N2CC[C@]2(OCC2CCCCC2)c2ccccc2C)cc1. The maximum atomic E-state index is 14.4. The average Bonchev–Trinajstić information content (AvgIpc) is 4.26. The van der Waals surface area contributed by atoms with E-state index in [1.54, 1.807) is 44.9 Å². The van der Waals surface area contributed by atoms with E-state index in [0.29, 0.717) is 57.8 Å². The number of carbonyl (C=O) groups excluding carboxylic acids is 4. The Morgan fingerprint density at radius 1 is 0.713 bits per heavy atom. The van der Waals surface area contributed by atoms with Crippen molar-refractivity contribution in [1.29, 1.82) is 0 Å². The van der Waals surface area contributed by atoms with Crippen molar-refractivity contribution in [3.8, 4) is 23.3 Å². The van der Waals surface area contributed by atoms with Gasteiger partial charge in [0.25, 0.3) is 0 Å². The smallest absolute Gasteiger partial charge is 0.248 e. The lowest BCUT2D eigenvalue weighted by Gasteiger charge is -2.54. The van der Waals surface area contributed by atoms with Crippen molar-refractivity contribution in [3.63, 3.8) is 0 Å². The van der Waals surface area contributed by atoms with Crippen LogP contribution in [0.5, 0.6) is 11.5 Å². The van der Waals surface area contributed by atoms with Crippen molar-refractivity contribution in [3.05, 3.63) is 166 Å². The monoisotopic (exact) mass is 1090 g/mol. The minimum absolute atomic E-state index is 0.117. The van der Waals surface area contributed by atoms with Gasteiger partial charge in [-0.2, -0.15) is 0 Å². The fourth-order valence-electron chi connectivity index (χ4n) is 11.1. The van der Waals surface area contributed by atoms with E-state index < -0.39 is 23.4 Å². The molecule has 4 N–H and O–H groups in total. The van der Waals surface area contributed by atoms with Crippen molar-refractivity contribution in [1.82, 2.24) is 40.4 Å². The van der Waals surface area contributed by atoms with Crippen molar-refractivity contribution < 1.29 is 38.1 Å². The van der Waals surface area contributed by atoms with Crippen molar-refractivity contribution >= 4 is 23.6 Å². The summed E-state index contributed by atoms with van der Waals surface area (Å²) in [6, 6.07) is 30.0. The molecule has 0 spiro atoms. The van der Waals surface area contributed by atoms with E-state index in [0.717, 1.165) is 68.4 Å². The fraction of sp³-hybridized carbons (Fsp3) is 0.438. The molecule has 9 rings (SSSR count). The van der Waals surface area contributed by atoms with Gasteiger partial charge in [0.2, 0.25) is 23.6 Å². The van der Waals surface area contributed by atoms with Gasteiger partial charge in [-0.25, -0.2) is 9.97 Å². The lowest BCUT2D eigenvalue weighted by atomic mass is 9.82. The van der Waals surface area contributed by atoms with Crippen LogP contribution >= 0.6 is 0 Å². The van der Waals surface area contributed by atoms with Gasteiger partial charge >= 0.3 is 0 Å². The highest BCUT2D eigenvalue weighted by Gasteiger charge is 2.53. The molecule has 2 saturated heterocycles. The van der Waals surface area contributed by atoms with Crippen molar-refractivity contribution in [2.75, 3.05) is 47.1 Å². The van der Waals surface area contributed by atoms with E-state index in [1.165, 1.54) is 32.1 Å². The highest BCUT2D eigenvalue weighted by atomic mass is 16.5.